The summed E-state index contributed by atoms with van der Waals surface area (Å²) < 4.78 is 0. The Hall–Kier alpha value is -1.63. The maximum atomic E-state index is 12.2. The van der Waals surface area contributed by atoms with E-state index in [0.29, 0.717) is 32.4 Å². The summed E-state index contributed by atoms with van der Waals surface area (Å²) in [5.74, 6) is -0.910. The van der Waals surface area contributed by atoms with E-state index < -0.39 is 11.5 Å². The van der Waals surface area contributed by atoms with Crippen LogP contribution in [0.5, 0.6) is 0 Å². The zero-order valence-corrected chi connectivity index (χ0v) is 12.3. The number of carbonyl (C=O) groups excluding carboxylic acids is 1. The minimum atomic E-state index is -1.04. The lowest BCUT2D eigenvalue weighted by Crippen LogP contribution is -2.55. The van der Waals surface area contributed by atoms with Crippen molar-refractivity contribution in [1.82, 2.24) is 15.2 Å². The van der Waals surface area contributed by atoms with Crippen LogP contribution in [0.15, 0.2) is 10.9 Å². The Morgan fingerprint density at radius 2 is 2.40 bits per heavy atom. The molecule has 0 radical (unpaired) electrons. The van der Waals surface area contributed by atoms with Crippen LogP contribution in [-0.4, -0.2) is 45.6 Å². The second kappa shape index (κ2) is 6.21. The molecule has 7 heteroatoms. The monoisotopic (exact) mass is 297 g/mol. The summed E-state index contributed by atoms with van der Waals surface area (Å²) in [4.78, 5) is 29.3. The Balaban J connectivity index is 1.92. The van der Waals surface area contributed by atoms with E-state index in [9.17, 15) is 14.7 Å². The molecule has 1 aromatic rings. The minimum absolute atomic E-state index is 0.290. The van der Waals surface area contributed by atoms with Gasteiger partial charge in [-0.05, 0) is 19.3 Å². The van der Waals surface area contributed by atoms with Gasteiger partial charge in [0.15, 0.2) is 0 Å². The summed E-state index contributed by atoms with van der Waals surface area (Å²) >= 11 is 1.52. The van der Waals surface area contributed by atoms with Crippen LogP contribution >= 0.6 is 11.3 Å². The smallest absolute Gasteiger partial charge is 0.329 e. The number of likely N-dealkylation sites (tertiary alicyclic amines) is 1. The molecule has 0 aliphatic carbocycles. The molecule has 1 atom stereocenters. The fourth-order valence-electron chi connectivity index (χ4n) is 2.67. The fraction of sp³-hybridized carbons (Fsp3) is 0.615. The summed E-state index contributed by atoms with van der Waals surface area (Å²) in [5.41, 5.74) is 1.66. The van der Waals surface area contributed by atoms with Gasteiger partial charge in [0.1, 0.15) is 5.54 Å². The van der Waals surface area contributed by atoms with Crippen molar-refractivity contribution in [3.8, 4) is 0 Å². The van der Waals surface area contributed by atoms with Crippen molar-refractivity contribution in [1.29, 1.82) is 0 Å². The van der Waals surface area contributed by atoms with E-state index in [1.54, 1.807) is 5.51 Å². The average Bonchev–Trinajstić information content (AvgIpc) is 3.07. The maximum Gasteiger partial charge on any atom is 0.329 e. The fourth-order valence-corrected chi connectivity index (χ4v) is 3.26. The Labute approximate surface area is 121 Å². The summed E-state index contributed by atoms with van der Waals surface area (Å²) in [6.45, 7) is 2.79. The average molecular weight is 297 g/mol. The number of nitrogens with one attached hydrogen (secondary N) is 1. The lowest BCUT2D eigenvalue weighted by molar-refractivity contribution is -0.148. The predicted molar refractivity (Wildman–Crippen MR) is 75.8 cm³/mol. The van der Waals surface area contributed by atoms with E-state index >= 15 is 0 Å². The van der Waals surface area contributed by atoms with Gasteiger partial charge >= 0.3 is 12.0 Å². The quantitative estimate of drug-likeness (QED) is 0.867. The lowest BCUT2D eigenvalue weighted by atomic mass is 9.93. The van der Waals surface area contributed by atoms with Gasteiger partial charge in [-0.25, -0.2) is 14.6 Å². The van der Waals surface area contributed by atoms with Gasteiger partial charge in [0, 0.05) is 24.9 Å². The number of rotatable bonds is 5. The highest BCUT2D eigenvalue weighted by molar-refractivity contribution is 7.07. The van der Waals surface area contributed by atoms with Crippen molar-refractivity contribution in [2.24, 2.45) is 0 Å². The van der Waals surface area contributed by atoms with E-state index in [1.807, 2.05) is 12.3 Å². The highest BCUT2D eigenvalue weighted by Crippen LogP contribution is 2.32. The largest absolute Gasteiger partial charge is 0.479 e. The van der Waals surface area contributed by atoms with Gasteiger partial charge in [0.05, 0.1) is 11.2 Å². The van der Waals surface area contributed by atoms with Gasteiger partial charge < -0.3 is 15.3 Å². The van der Waals surface area contributed by atoms with E-state index in [0.717, 1.165) is 12.1 Å². The van der Waals surface area contributed by atoms with E-state index in [4.69, 9.17) is 0 Å². The molecule has 0 saturated carbocycles. The van der Waals surface area contributed by atoms with E-state index in [1.165, 1.54) is 16.2 Å². The van der Waals surface area contributed by atoms with Crippen LogP contribution in [0, 0.1) is 0 Å². The highest BCUT2D eigenvalue weighted by atomic mass is 32.1. The number of carboxylic acid groups (broad SMARTS) is 1. The Morgan fingerprint density at radius 3 is 3.00 bits per heavy atom. The SMILES string of the molecule is CCC1(C(=O)O)CCCN1C(=O)NCCc1cscn1. The zero-order chi connectivity index (χ0) is 14.6. The summed E-state index contributed by atoms with van der Waals surface area (Å²) in [6.07, 6.45) is 2.36. The Bertz CT molecular complexity index is 477. The third-order valence-electron chi connectivity index (χ3n) is 3.86. The van der Waals surface area contributed by atoms with Crippen LogP contribution in [0.25, 0.3) is 0 Å². The number of thiazole rings is 1. The number of urea groups is 1. The Morgan fingerprint density at radius 1 is 1.60 bits per heavy atom. The number of hydrogen-bond donors (Lipinski definition) is 2. The second-order valence-corrected chi connectivity index (χ2v) is 5.63. The minimum Gasteiger partial charge on any atom is -0.479 e. The molecule has 1 unspecified atom stereocenters. The van der Waals surface area contributed by atoms with E-state index in [-0.39, 0.29) is 6.03 Å². The molecule has 2 rings (SSSR count). The number of nitrogens with zero attached hydrogens (tertiary/aromatic N) is 2. The van der Waals surface area contributed by atoms with Gasteiger partial charge in [-0.3, -0.25) is 0 Å². The summed E-state index contributed by atoms with van der Waals surface area (Å²) in [7, 11) is 0. The van der Waals surface area contributed by atoms with Crippen LogP contribution in [0.2, 0.25) is 0 Å². The lowest BCUT2D eigenvalue weighted by Gasteiger charge is -2.33. The first-order valence-electron chi connectivity index (χ1n) is 6.76. The number of hydrogen-bond acceptors (Lipinski definition) is 4. The van der Waals surface area contributed by atoms with Gasteiger partial charge in [0.2, 0.25) is 0 Å². The number of aromatic nitrogens is 1. The van der Waals surface area contributed by atoms with Crippen molar-refractivity contribution < 1.29 is 14.7 Å². The van der Waals surface area contributed by atoms with Crippen LogP contribution < -0.4 is 5.32 Å². The van der Waals surface area contributed by atoms with Gasteiger partial charge in [-0.2, -0.15) is 0 Å². The molecule has 0 bridgehead atoms. The first kappa shape index (κ1) is 14.8. The molecule has 1 aromatic heterocycles. The summed E-state index contributed by atoms with van der Waals surface area (Å²) in [6, 6.07) is -0.290. The molecule has 0 spiro atoms. The molecular weight excluding hydrogens is 278 g/mol. The van der Waals surface area contributed by atoms with Gasteiger partial charge in [0.25, 0.3) is 0 Å². The number of amides is 2. The maximum absolute atomic E-state index is 12.2. The topological polar surface area (TPSA) is 82.5 Å². The van der Waals surface area contributed by atoms with Crippen LogP contribution in [0.4, 0.5) is 4.79 Å². The molecule has 0 aromatic carbocycles. The van der Waals surface area contributed by atoms with Crippen LogP contribution in [0.1, 0.15) is 31.9 Å². The zero-order valence-electron chi connectivity index (χ0n) is 11.5. The standard InChI is InChI=1S/C13H19N3O3S/c1-2-13(11(17)18)5-3-7-16(13)12(19)14-6-4-10-8-20-9-15-10/h8-9H,2-7H2,1H3,(H,14,19)(H,17,18). The predicted octanol–water partition coefficient (Wildman–Crippen LogP) is 1.72. The number of aliphatic carboxylic acids is 1. The molecule has 20 heavy (non-hydrogen) atoms. The van der Waals surface area contributed by atoms with Crippen molar-refractivity contribution in [2.75, 3.05) is 13.1 Å². The second-order valence-electron chi connectivity index (χ2n) is 4.91. The molecule has 1 aliphatic heterocycles. The molecule has 1 saturated heterocycles. The summed E-state index contributed by atoms with van der Waals surface area (Å²) in [5, 5.41) is 14.2. The molecule has 110 valence electrons. The third kappa shape index (κ3) is 2.77. The first-order valence-corrected chi connectivity index (χ1v) is 7.70. The number of carbonyl (C=O) groups is 2. The molecule has 6 nitrogen and oxygen atoms in total. The van der Waals surface area contributed by atoms with E-state index in [2.05, 4.69) is 10.3 Å². The number of carboxylic acids is 1. The Kier molecular flexibility index (Phi) is 4.59. The molecule has 2 N–H and O–H groups in total. The van der Waals surface area contributed by atoms with Crippen molar-refractivity contribution in [2.45, 2.75) is 38.1 Å². The van der Waals surface area contributed by atoms with Gasteiger partial charge in [-0.1, -0.05) is 6.92 Å². The van der Waals surface area contributed by atoms with Crippen molar-refractivity contribution in [3.63, 3.8) is 0 Å². The van der Waals surface area contributed by atoms with Crippen molar-refractivity contribution >= 4 is 23.3 Å². The van der Waals surface area contributed by atoms with Crippen LogP contribution in [-0.2, 0) is 11.2 Å². The first-order chi connectivity index (χ1) is 9.60. The van der Waals surface area contributed by atoms with Crippen molar-refractivity contribution in [3.05, 3.63) is 16.6 Å². The molecule has 2 heterocycles. The molecule has 1 fully saturated rings. The highest BCUT2D eigenvalue weighted by Gasteiger charge is 2.48. The molecule has 2 amide bonds. The molecule has 1 aliphatic rings. The molecular formula is C13H19N3O3S. The van der Waals surface area contributed by atoms with Gasteiger partial charge in [-0.15, -0.1) is 11.3 Å². The van der Waals surface area contributed by atoms with Crippen LogP contribution in [0.3, 0.4) is 0 Å². The normalized spacial score (nSPS) is 21.9. The third-order valence-corrected chi connectivity index (χ3v) is 4.49.